The van der Waals surface area contributed by atoms with Crippen molar-refractivity contribution in [3.8, 4) is 0 Å². The molecule has 1 aromatic carbocycles. The monoisotopic (exact) mass is 242 g/mol. The molecule has 0 aromatic heterocycles. The van der Waals surface area contributed by atoms with Gasteiger partial charge in [0.15, 0.2) is 0 Å². The summed E-state index contributed by atoms with van der Waals surface area (Å²) in [5.41, 5.74) is 2.62. The number of ether oxygens (including phenoxy) is 1. The fraction of sp³-hybridized carbons (Fsp3) is 0.500. The van der Waals surface area contributed by atoms with E-state index < -0.39 is 8.07 Å². The molecule has 0 saturated carbocycles. The van der Waals surface area contributed by atoms with E-state index in [4.69, 9.17) is 16.3 Å². The average Bonchev–Trinajstić information content (AvgIpc) is 2.14. The van der Waals surface area contributed by atoms with Crippen LogP contribution >= 0.6 is 11.6 Å². The molecule has 0 unspecified atom stereocenters. The Kier molecular flexibility index (Phi) is 4.83. The lowest BCUT2D eigenvalue weighted by Gasteiger charge is -2.15. The standard InChI is InChI=1S/C12H19ClOSi/c1-15(2,3)9-12-6-4-11(5-7-12)8-14-10-13/h4-7H,8-10H2,1-3H3. The van der Waals surface area contributed by atoms with Crippen LogP contribution in [0.25, 0.3) is 0 Å². The summed E-state index contributed by atoms with van der Waals surface area (Å²) < 4.78 is 5.13. The summed E-state index contributed by atoms with van der Waals surface area (Å²) in [7, 11) is -0.993. The molecule has 1 aromatic rings. The number of rotatable bonds is 5. The molecule has 0 aliphatic carbocycles. The number of alkyl halides is 1. The van der Waals surface area contributed by atoms with Crippen molar-refractivity contribution in [2.24, 2.45) is 0 Å². The van der Waals surface area contributed by atoms with Crippen molar-refractivity contribution in [2.75, 3.05) is 6.07 Å². The van der Waals surface area contributed by atoms with Crippen molar-refractivity contribution in [2.45, 2.75) is 32.3 Å². The van der Waals surface area contributed by atoms with Gasteiger partial charge in [0.2, 0.25) is 0 Å². The van der Waals surface area contributed by atoms with Crippen LogP contribution in [0, 0.1) is 0 Å². The highest BCUT2D eigenvalue weighted by atomic mass is 35.5. The molecule has 0 spiro atoms. The minimum atomic E-state index is -0.993. The predicted octanol–water partition coefficient (Wildman–Crippen LogP) is 3.82. The molecule has 15 heavy (non-hydrogen) atoms. The molecule has 1 nitrogen and oxygen atoms in total. The minimum absolute atomic E-state index is 0.261. The quantitative estimate of drug-likeness (QED) is 0.564. The smallest absolute Gasteiger partial charge is 0.121 e. The van der Waals surface area contributed by atoms with Crippen LogP contribution < -0.4 is 0 Å². The molecule has 3 heteroatoms. The van der Waals surface area contributed by atoms with Gasteiger partial charge in [-0.2, -0.15) is 0 Å². The van der Waals surface area contributed by atoms with Gasteiger partial charge < -0.3 is 4.74 Å². The molecule has 0 amide bonds. The van der Waals surface area contributed by atoms with Crippen molar-refractivity contribution in [3.63, 3.8) is 0 Å². The van der Waals surface area contributed by atoms with E-state index in [9.17, 15) is 0 Å². The van der Waals surface area contributed by atoms with Gasteiger partial charge in [-0.3, -0.25) is 0 Å². The lowest BCUT2D eigenvalue weighted by Crippen LogP contribution is -2.23. The Labute approximate surface area is 98.4 Å². The van der Waals surface area contributed by atoms with Gasteiger partial charge >= 0.3 is 0 Å². The first-order valence-corrected chi connectivity index (χ1v) is 9.47. The molecule has 0 bridgehead atoms. The van der Waals surface area contributed by atoms with Crippen LogP contribution in [0.15, 0.2) is 24.3 Å². The zero-order chi connectivity index (χ0) is 11.3. The van der Waals surface area contributed by atoms with Gasteiger partial charge in [-0.1, -0.05) is 61.1 Å². The Hall–Kier alpha value is -0.313. The van der Waals surface area contributed by atoms with Crippen LogP contribution in [0.3, 0.4) is 0 Å². The zero-order valence-corrected chi connectivity index (χ0v) is 11.5. The van der Waals surface area contributed by atoms with Crippen LogP contribution in [0.4, 0.5) is 0 Å². The fourth-order valence-corrected chi connectivity index (χ4v) is 3.06. The summed E-state index contributed by atoms with van der Waals surface area (Å²) in [6.45, 7) is 7.77. The van der Waals surface area contributed by atoms with Crippen LogP contribution in [-0.2, 0) is 17.4 Å². The predicted molar refractivity (Wildman–Crippen MR) is 69.0 cm³/mol. The summed E-state index contributed by atoms with van der Waals surface area (Å²) >= 11 is 5.45. The maximum absolute atomic E-state index is 5.45. The van der Waals surface area contributed by atoms with E-state index in [1.165, 1.54) is 17.2 Å². The Balaban J connectivity index is 2.56. The maximum Gasteiger partial charge on any atom is 0.121 e. The SMILES string of the molecule is C[Si](C)(C)Cc1ccc(COCCl)cc1. The van der Waals surface area contributed by atoms with Gasteiger partial charge in [-0.15, -0.1) is 0 Å². The highest BCUT2D eigenvalue weighted by Crippen LogP contribution is 2.13. The first-order valence-electron chi connectivity index (χ1n) is 5.23. The first-order chi connectivity index (χ1) is 7.01. The summed E-state index contributed by atoms with van der Waals surface area (Å²) in [4.78, 5) is 0. The molecule has 0 radical (unpaired) electrons. The second-order valence-electron chi connectivity index (χ2n) is 5.01. The van der Waals surface area contributed by atoms with Crippen LogP contribution in [0.1, 0.15) is 11.1 Å². The van der Waals surface area contributed by atoms with Gasteiger partial charge in [0.05, 0.1) is 6.61 Å². The Morgan fingerprint density at radius 2 is 1.60 bits per heavy atom. The van der Waals surface area contributed by atoms with E-state index in [1.54, 1.807) is 0 Å². The summed E-state index contributed by atoms with van der Waals surface area (Å²) in [6.07, 6.45) is 0. The molecule has 84 valence electrons. The molecule has 0 aliphatic rings. The van der Waals surface area contributed by atoms with Crippen LogP contribution in [0.2, 0.25) is 19.6 Å². The van der Waals surface area contributed by atoms with Crippen molar-refractivity contribution in [3.05, 3.63) is 35.4 Å². The van der Waals surface area contributed by atoms with Gasteiger partial charge in [-0.25, -0.2) is 0 Å². The summed E-state index contributed by atoms with van der Waals surface area (Å²) in [5, 5.41) is 0. The zero-order valence-electron chi connectivity index (χ0n) is 9.72. The first kappa shape index (κ1) is 12.8. The highest BCUT2D eigenvalue weighted by molar-refractivity contribution is 6.75. The number of hydrogen-bond acceptors (Lipinski definition) is 1. The third-order valence-corrected chi connectivity index (χ3v) is 3.73. The van der Waals surface area contributed by atoms with Gasteiger partial charge in [0.25, 0.3) is 0 Å². The van der Waals surface area contributed by atoms with E-state index in [2.05, 4.69) is 43.9 Å². The normalized spacial score (nSPS) is 11.7. The second kappa shape index (κ2) is 5.68. The van der Waals surface area contributed by atoms with Crippen molar-refractivity contribution >= 4 is 19.7 Å². The lowest BCUT2D eigenvalue weighted by atomic mass is 10.2. The van der Waals surface area contributed by atoms with Crippen LogP contribution in [0.5, 0.6) is 0 Å². The number of halogens is 1. The molecule has 0 N–H and O–H groups in total. The third-order valence-electron chi connectivity index (χ3n) is 2.10. The lowest BCUT2D eigenvalue weighted by molar-refractivity contribution is 0.165. The number of hydrogen-bond donors (Lipinski definition) is 0. The van der Waals surface area contributed by atoms with Crippen molar-refractivity contribution in [1.29, 1.82) is 0 Å². The third kappa shape index (κ3) is 5.35. The van der Waals surface area contributed by atoms with Gasteiger partial charge in [0.1, 0.15) is 6.07 Å². The van der Waals surface area contributed by atoms with E-state index >= 15 is 0 Å². The molecule has 0 saturated heterocycles. The molecular formula is C12H19ClOSi. The highest BCUT2D eigenvalue weighted by Gasteiger charge is 2.13. The molecule has 0 aliphatic heterocycles. The number of benzene rings is 1. The van der Waals surface area contributed by atoms with Crippen LogP contribution in [-0.4, -0.2) is 14.1 Å². The van der Waals surface area contributed by atoms with Crippen molar-refractivity contribution in [1.82, 2.24) is 0 Å². The second-order valence-corrected chi connectivity index (χ2v) is 10.7. The molecule has 1 rings (SSSR count). The summed E-state index contributed by atoms with van der Waals surface area (Å²) in [6, 6.07) is 10.2. The topological polar surface area (TPSA) is 9.23 Å². The largest absolute Gasteiger partial charge is 0.361 e. The molecule has 0 fully saturated rings. The van der Waals surface area contributed by atoms with E-state index in [0.29, 0.717) is 6.61 Å². The minimum Gasteiger partial charge on any atom is -0.361 e. The molecule has 0 atom stereocenters. The van der Waals surface area contributed by atoms with E-state index in [0.717, 1.165) is 0 Å². The summed E-state index contributed by atoms with van der Waals surface area (Å²) in [5.74, 6) is 0. The van der Waals surface area contributed by atoms with E-state index in [1.807, 2.05) is 0 Å². The van der Waals surface area contributed by atoms with Gasteiger partial charge in [-0.05, 0) is 11.6 Å². The Morgan fingerprint density at radius 3 is 2.07 bits per heavy atom. The molecule has 0 heterocycles. The maximum atomic E-state index is 5.45. The molecular weight excluding hydrogens is 224 g/mol. The Morgan fingerprint density at radius 1 is 1.07 bits per heavy atom. The van der Waals surface area contributed by atoms with E-state index in [-0.39, 0.29) is 6.07 Å². The Bertz CT molecular complexity index is 289. The fourth-order valence-electron chi connectivity index (χ4n) is 1.52. The van der Waals surface area contributed by atoms with Gasteiger partial charge in [0, 0.05) is 8.07 Å². The van der Waals surface area contributed by atoms with Crippen molar-refractivity contribution < 1.29 is 4.74 Å². The average molecular weight is 243 g/mol.